The van der Waals surface area contributed by atoms with E-state index in [1.807, 2.05) is 11.9 Å². The average Bonchev–Trinajstić information content (AvgIpc) is 3.07. The maximum Gasteiger partial charge on any atom is 0.237 e. The van der Waals surface area contributed by atoms with Gasteiger partial charge in [0.25, 0.3) is 0 Å². The molecule has 148 valence electrons. The lowest BCUT2D eigenvalue weighted by atomic mass is 9.97. The second-order valence-corrected chi connectivity index (χ2v) is 7.25. The van der Waals surface area contributed by atoms with Gasteiger partial charge in [-0.25, -0.2) is 0 Å². The fourth-order valence-corrected chi connectivity index (χ4v) is 3.23. The highest BCUT2D eigenvalue weighted by molar-refractivity contribution is 5.85. The molecule has 0 aromatic carbocycles. The molecule has 2 aliphatic heterocycles. The number of hydrogen-bond donors (Lipinski definition) is 2. The maximum absolute atomic E-state index is 12.4. The van der Waals surface area contributed by atoms with Gasteiger partial charge in [0.2, 0.25) is 11.8 Å². The lowest BCUT2D eigenvalue weighted by molar-refractivity contribution is -0.134. The van der Waals surface area contributed by atoms with Crippen LogP contribution in [0.3, 0.4) is 0 Å². The van der Waals surface area contributed by atoms with Crippen LogP contribution in [-0.4, -0.2) is 73.5 Å². The zero-order valence-electron chi connectivity index (χ0n) is 15.6. The molecule has 0 spiro atoms. The van der Waals surface area contributed by atoms with Crippen molar-refractivity contribution in [2.24, 2.45) is 5.92 Å². The van der Waals surface area contributed by atoms with E-state index in [0.29, 0.717) is 25.0 Å². The predicted molar refractivity (Wildman–Crippen MR) is 106 cm³/mol. The topological polar surface area (TPSA) is 64.7 Å². The maximum atomic E-state index is 12.4. The zero-order chi connectivity index (χ0) is 16.8. The Balaban J connectivity index is 0.00000288. The Labute approximate surface area is 164 Å². The normalized spacial score (nSPS) is 23.2. The highest BCUT2D eigenvalue weighted by Crippen LogP contribution is 2.16. The molecule has 2 N–H and O–H groups in total. The summed E-state index contributed by atoms with van der Waals surface area (Å²) < 4.78 is 0. The van der Waals surface area contributed by atoms with Gasteiger partial charge in [-0.15, -0.1) is 24.8 Å². The van der Waals surface area contributed by atoms with E-state index in [9.17, 15) is 9.59 Å². The SMILES string of the molecule is CC(C)N(C)CC(=O)N1CCCC(CNC(=O)C2CCCN2)C1.Cl.Cl. The molecule has 2 rings (SSSR count). The molecular weight excluding hydrogens is 363 g/mol. The van der Waals surface area contributed by atoms with E-state index in [2.05, 4.69) is 29.4 Å². The van der Waals surface area contributed by atoms with Gasteiger partial charge in [0.15, 0.2) is 0 Å². The third-order valence-corrected chi connectivity index (χ3v) is 5.08. The Morgan fingerprint density at radius 2 is 1.96 bits per heavy atom. The van der Waals surface area contributed by atoms with Crippen LogP contribution in [-0.2, 0) is 9.59 Å². The molecule has 8 heteroatoms. The van der Waals surface area contributed by atoms with Crippen LogP contribution >= 0.6 is 24.8 Å². The molecule has 0 aromatic heterocycles. The first-order chi connectivity index (χ1) is 11.0. The lowest BCUT2D eigenvalue weighted by Gasteiger charge is -2.34. The van der Waals surface area contributed by atoms with E-state index >= 15 is 0 Å². The predicted octanol–water partition coefficient (Wildman–Crippen LogP) is 1.28. The highest BCUT2D eigenvalue weighted by Gasteiger charge is 2.26. The van der Waals surface area contributed by atoms with E-state index in [4.69, 9.17) is 0 Å². The summed E-state index contributed by atoms with van der Waals surface area (Å²) in [5.74, 6) is 0.697. The van der Waals surface area contributed by atoms with Crippen molar-refractivity contribution in [3.8, 4) is 0 Å². The number of likely N-dealkylation sites (N-methyl/N-ethyl adjacent to an activating group) is 1. The molecule has 0 aliphatic carbocycles. The van der Waals surface area contributed by atoms with Crippen LogP contribution in [0.5, 0.6) is 0 Å². The number of piperidine rings is 1. The summed E-state index contributed by atoms with van der Waals surface area (Å²) in [5, 5.41) is 6.28. The van der Waals surface area contributed by atoms with E-state index in [1.54, 1.807) is 0 Å². The van der Waals surface area contributed by atoms with Gasteiger partial charge in [-0.2, -0.15) is 0 Å². The largest absolute Gasteiger partial charge is 0.354 e. The standard InChI is InChI=1S/C17H32N4O2.2ClH/c1-13(2)20(3)12-16(22)21-9-5-6-14(11-21)10-19-17(23)15-7-4-8-18-15;;/h13-15,18H,4-12H2,1-3H3,(H,19,23);2*1H. The Kier molecular flexibility index (Phi) is 11.7. The van der Waals surface area contributed by atoms with Gasteiger partial charge < -0.3 is 15.5 Å². The van der Waals surface area contributed by atoms with Gasteiger partial charge in [0.1, 0.15) is 0 Å². The van der Waals surface area contributed by atoms with Crippen molar-refractivity contribution in [1.82, 2.24) is 20.4 Å². The quantitative estimate of drug-likeness (QED) is 0.709. The molecule has 25 heavy (non-hydrogen) atoms. The average molecular weight is 397 g/mol. The number of halogens is 2. The number of hydrogen-bond acceptors (Lipinski definition) is 4. The monoisotopic (exact) mass is 396 g/mol. The number of carbonyl (C=O) groups is 2. The second kappa shape index (κ2) is 11.9. The van der Waals surface area contributed by atoms with Crippen molar-refractivity contribution in [2.75, 3.05) is 39.8 Å². The van der Waals surface area contributed by atoms with Crippen LogP contribution in [0.15, 0.2) is 0 Å². The molecule has 6 nitrogen and oxygen atoms in total. The van der Waals surface area contributed by atoms with Crippen molar-refractivity contribution in [2.45, 2.75) is 51.6 Å². The van der Waals surface area contributed by atoms with Crippen molar-refractivity contribution < 1.29 is 9.59 Å². The summed E-state index contributed by atoms with van der Waals surface area (Å²) in [7, 11) is 1.98. The Bertz CT molecular complexity index is 417. The number of rotatable bonds is 6. The van der Waals surface area contributed by atoms with Crippen LogP contribution in [0.1, 0.15) is 39.5 Å². The molecule has 0 aromatic rings. The summed E-state index contributed by atoms with van der Waals surface area (Å²) >= 11 is 0. The minimum absolute atomic E-state index is 0. The lowest BCUT2D eigenvalue weighted by Crippen LogP contribution is -2.49. The van der Waals surface area contributed by atoms with E-state index in [-0.39, 0.29) is 42.7 Å². The van der Waals surface area contributed by atoms with Crippen LogP contribution in [0, 0.1) is 5.92 Å². The molecule has 0 bridgehead atoms. The van der Waals surface area contributed by atoms with Gasteiger partial charge in [0, 0.05) is 25.7 Å². The summed E-state index contributed by atoms with van der Waals surface area (Å²) in [5.41, 5.74) is 0. The third-order valence-electron chi connectivity index (χ3n) is 5.08. The van der Waals surface area contributed by atoms with Crippen LogP contribution in [0.25, 0.3) is 0 Å². The fourth-order valence-electron chi connectivity index (χ4n) is 3.23. The number of carbonyl (C=O) groups excluding carboxylic acids is 2. The molecule has 2 heterocycles. The molecule has 2 amide bonds. The molecule has 0 radical (unpaired) electrons. The van der Waals surface area contributed by atoms with Gasteiger partial charge >= 0.3 is 0 Å². The summed E-state index contributed by atoms with van der Waals surface area (Å²) in [6, 6.07) is 0.355. The molecule has 2 fully saturated rings. The first-order valence-electron chi connectivity index (χ1n) is 8.96. The zero-order valence-corrected chi connectivity index (χ0v) is 17.3. The smallest absolute Gasteiger partial charge is 0.237 e. The Hall–Kier alpha value is -0.560. The fraction of sp³-hybridized carbons (Fsp3) is 0.882. The van der Waals surface area contributed by atoms with Gasteiger partial charge in [-0.1, -0.05) is 0 Å². The first kappa shape index (κ1) is 24.4. The highest BCUT2D eigenvalue weighted by atomic mass is 35.5. The molecule has 2 saturated heterocycles. The van der Waals surface area contributed by atoms with Crippen LogP contribution in [0.2, 0.25) is 0 Å². The van der Waals surface area contributed by atoms with Gasteiger partial charge in [-0.05, 0) is 59.0 Å². The molecule has 2 atom stereocenters. The van der Waals surface area contributed by atoms with Crippen molar-refractivity contribution in [3.05, 3.63) is 0 Å². The Morgan fingerprint density at radius 1 is 1.24 bits per heavy atom. The number of amides is 2. The van der Waals surface area contributed by atoms with Crippen LogP contribution < -0.4 is 10.6 Å². The van der Waals surface area contributed by atoms with E-state index < -0.39 is 0 Å². The minimum Gasteiger partial charge on any atom is -0.354 e. The van der Waals surface area contributed by atoms with Crippen molar-refractivity contribution in [3.63, 3.8) is 0 Å². The van der Waals surface area contributed by atoms with E-state index in [1.165, 1.54) is 0 Å². The Morgan fingerprint density at radius 3 is 2.56 bits per heavy atom. The summed E-state index contributed by atoms with van der Waals surface area (Å²) in [6.07, 6.45) is 4.12. The second-order valence-electron chi connectivity index (χ2n) is 7.25. The number of nitrogens with zero attached hydrogens (tertiary/aromatic N) is 2. The molecular formula is C17H34Cl2N4O2. The van der Waals surface area contributed by atoms with Gasteiger partial charge in [-0.3, -0.25) is 14.5 Å². The van der Waals surface area contributed by atoms with E-state index in [0.717, 1.165) is 45.3 Å². The number of nitrogens with one attached hydrogen (secondary N) is 2. The third kappa shape index (κ3) is 7.69. The van der Waals surface area contributed by atoms with Gasteiger partial charge in [0.05, 0.1) is 12.6 Å². The van der Waals surface area contributed by atoms with Crippen molar-refractivity contribution >= 4 is 36.6 Å². The minimum atomic E-state index is -0.0176. The molecule has 2 aliphatic rings. The summed E-state index contributed by atoms with van der Waals surface area (Å²) in [4.78, 5) is 28.5. The first-order valence-corrected chi connectivity index (χ1v) is 8.96. The molecule has 0 saturated carbocycles. The number of likely N-dealkylation sites (tertiary alicyclic amines) is 1. The van der Waals surface area contributed by atoms with Crippen LogP contribution in [0.4, 0.5) is 0 Å². The van der Waals surface area contributed by atoms with Crippen molar-refractivity contribution in [1.29, 1.82) is 0 Å². The molecule has 2 unspecified atom stereocenters. The summed E-state index contributed by atoms with van der Waals surface area (Å²) in [6.45, 7) is 7.90.